The van der Waals surface area contributed by atoms with Gasteiger partial charge in [0.2, 0.25) is 0 Å². The summed E-state index contributed by atoms with van der Waals surface area (Å²) in [6, 6.07) is 8.25. The van der Waals surface area contributed by atoms with Crippen LogP contribution in [0, 0.1) is 0 Å². The van der Waals surface area contributed by atoms with Crippen LogP contribution in [0.3, 0.4) is 0 Å². The lowest BCUT2D eigenvalue weighted by Gasteiger charge is -2.20. The second kappa shape index (κ2) is 6.76. The molecule has 0 aliphatic rings. The van der Waals surface area contributed by atoms with E-state index in [1.165, 1.54) is 5.56 Å². The Morgan fingerprint density at radius 2 is 1.90 bits per heavy atom. The summed E-state index contributed by atoms with van der Waals surface area (Å²) in [7, 11) is 0. The van der Waals surface area contributed by atoms with E-state index in [-0.39, 0.29) is 5.54 Å². The quantitative estimate of drug-likeness (QED) is 0.885. The van der Waals surface area contributed by atoms with Crippen LogP contribution in [0.1, 0.15) is 39.0 Å². The van der Waals surface area contributed by atoms with Crippen LogP contribution in [-0.4, -0.2) is 15.1 Å². The van der Waals surface area contributed by atoms with Crippen LogP contribution >= 0.6 is 0 Å². The van der Waals surface area contributed by atoms with Gasteiger partial charge >= 0.3 is 0 Å². The molecule has 2 aromatic rings. The Morgan fingerprint density at radius 3 is 2.52 bits per heavy atom. The third kappa shape index (κ3) is 4.90. The van der Waals surface area contributed by atoms with Crippen molar-refractivity contribution in [3.63, 3.8) is 0 Å². The number of rotatable bonds is 6. The van der Waals surface area contributed by atoms with Crippen LogP contribution in [0.2, 0.25) is 0 Å². The number of ether oxygens (including phenoxy) is 1. The summed E-state index contributed by atoms with van der Waals surface area (Å²) in [5.41, 5.74) is 2.49. The number of benzene rings is 1. The molecule has 0 aliphatic heterocycles. The first-order valence-electron chi connectivity index (χ1n) is 7.44. The lowest BCUT2D eigenvalue weighted by Crippen LogP contribution is -2.34. The van der Waals surface area contributed by atoms with Gasteiger partial charge in [-0.25, -0.2) is 4.98 Å². The molecular weight excluding hydrogens is 262 g/mol. The van der Waals surface area contributed by atoms with E-state index in [9.17, 15) is 0 Å². The van der Waals surface area contributed by atoms with Crippen molar-refractivity contribution in [2.75, 3.05) is 0 Å². The van der Waals surface area contributed by atoms with Gasteiger partial charge in [0, 0.05) is 18.6 Å². The fourth-order valence-electron chi connectivity index (χ4n) is 1.98. The van der Waals surface area contributed by atoms with Gasteiger partial charge < -0.3 is 14.6 Å². The summed E-state index contributed by atoms with van der Waals surface area (Å²) >= 11 is 0. The first kappa shape index (κ1) is 15.6. The van der Waals surface area contributed by atoms with Gasteiger partial charge in [-0.1, -0.05) is 12.1 Å². The number of hydrogen-bond donors (Lipinski definition) is 1. The van der Waals surface area contributed by atoms with E-state index < -0.39 is 0 Å². The lowest BCUT2D eigenvalue weighted by atomic mass is 10.1. The third-order valence-electron chi connectivity index (χ3n) is 3.27. The van der Waals surface area contributed by atoms with E-state index in [1.807, 2.05) is 24.7 Å². The average Bonchev–Trinajstić information content (AvgIpc) is 2.90. The van der Waals surface area contributed by atoms with Crippen molar-refractivity contribution in [3.05, 3.63) is 48.0 Å². The molecule has 2 rings (SSSR count). The zero-order valence-electron chi connectivity index (χ0n) is 13.4. The molecule has 1 aromatic heterocycles. The molecule has 0 aliphatic carbocycles. The Labute approximate surface area is 127 Å². The number of aryl methyl sites for hydroxylation is 1. The predicted molar refractivity (Wildman–Crippen MR) is 85.3 cm³/mol. The summed E-state index contributed by atoms with van der Waals surface area (Å²) in [4.78, 5) is 4.14. The van der Waals surface area contributed by atoms with Gasteiger partial charge in [0.25, 0.3) is 0 Å². The van der Waals surface area contributed by atoms with Gasteiger partial charge in [0.05, 0.1) is 18.2 Å². The topological polar surface area (TPSA) is 39.1 Å². The predicted octanol–water partition coefficient (Wildman–Crippen LogP) is 3.37. The summed E-state index contributed by atoms with van der Waals surface area (Å²) in [6.45, 7) is 10.9. The van der Waals surface area contributed by atoms with Crippen LogP contribution in [0.4, 0.5) is 0 Å². The van der Waals surface area contributed by atoms with E-state index in [2.05, 4.69) is 54.7 Å². The Hall–Kier alpha value is -1.81. The monoisotopic (exact) mass is 287 g/mol. The second-order valence-corrected chi connectivity index (χ2v) is 6.21. The highest BCUT2D eigenvalue weighted by Gasteiger charge is 2.08. The van der Waals surface area contributed by atoms with Crippen molar-refractivity contribution in [2.24, 2.45) is 0 Å². The third-order valence-corrected chi connectivity index (χ3v) is 3.27. The van der Waals surface area contributed by atoms with Crippen LogP contribution in [0.25, 0.3) is 0 Å². The minimum atomic E-state index is 0.133. The zero-order chi connectivity index (χ0) is 15.3. The normalized spacial score (nSPS) is 11.6. The molecule has 1 heterocycles. The molecule has 0 fully saturated rings. The number of nitrogens with one attached hydrogen (secondary N) is 1. The smallest absolute Gasteiger partial charge is 0.130 e. The van der Waals surface area contributed by atoms with E-state index in [0.717, 1.165) is 24.5 Å². The number of hydrogen-bond acceptors (Lipinski definition) is 3. The molecule has 0 radical (unpaired) electrons. The highest BCUT2D eigenvalue weighted by Crippen LogP contribution is 2.15. The highest BCUT2D eigenvalue weighted by atomic mass is 16.5. The van der Waals surface area contributed by atoms with Gasteiger partial charge in [0.1, 0.15) is 12.4 Å². The SMILES string of the molecule is CCn1cncc1COc1ccc(CNC(C)(C)C)cc1. The molecule has 0 saturated heterocycles. The summed E-state index contributed by atoms with van der Waals surface area (Å²) < 4.78 is 7.90. The summed E-state index contributed by atoms with van der Waals surface area (Å²) in [5.74, 6) is 0.887. The molecule has 0 amide bonds. The van der Waals surface area contributed by atoms with Gasteiger partial charge in [-0.3, -0.25) is 0 Å². The van der Waals surface area contributed by atoms with Crippen molar-refractivity contribution in [1.29, 1.82) is 0 Å². The molecule has 4 nitrogen and oxygen atoms in total. The highest BCUT2D eigenvalue weighted by molar-refractivity contribution is 5.27. The van der Waals surface area contributed by atoms with E-state index in [4.69, 9.17) is 4.74 Å². The zero-order valence-corrected chi connectivity index (χ0v) is 13.4. The van der Waals surface area contributed by atoms with Crippen molar-refractivity contribution in [2.45, 2.75) is 52.9 Å². The van der Waals surface area contributed by atoms with E-state index in [1.54, 1.807) is 0 Å². The average molecular weight is 287 g/mol. The molecular formula is C17H25N3O. The van der Waals surface area contributed by atoms with Crippen molar-refractivity contribution >= 4 is 0 Å². The second-order valence-electron chi connectivity index (χ2n) is 6.21. The molecule has 0 atom stereocenters. The van der Waals surface area contributed by atoms with Crippen LogP contribution in [-0.2, 0) is 19.7 Å². The van der Waals surface area contributed by atoms with Crippen LogP contribution < -0.4 is 10.1 Å². The van der Waals surface area contributed by atoms with Crippen molar-refractivity contribution in [1.82, 2.24) is 14.9 Å². The fraction of sp³-hybridized carbons (Fsp3) is 0.471. The minimum Gasteiger partial charge on any atom is -0.487 e. The largest absolute Gasteiger partial charge is 0.487 e. The van der Waals surface area contributed by atoms with Gasteiger partial charge in [-0.05, 0) is 45.4 Å². The van der Waals surface area contributed by atoms with Gasteiger partial charge in [-0.15, -0.1) is 0 Å². The van der Waals surface area contributed by atoms with Crippen molar-refractivity contribution in [3.8, 4) is 5.75 Å². The fourth-order valence-corrected chi connectivity index (χ4v) is 1.98. The first-order chi connectivity index (χ1) is 9.98. The molecule has 21 heavy (non-hydrogen) atoms. The van der Waals surface area contributed by atoms with Crippen LogP contribution in [0.15, 0.2) is 36.8 Å². The molecule has 0 saturated carbocycles. The molecule has 1 N–H and O–H groups in total. The Morgan fingerprint density at radius 1 is 1.19 bits per heavy atom. The molecule has 0 spiro atoms. The summed E-state index contributed by atoms with van der Waals surface area (Å²) in [6.07, 6.45) is 3.69. The maximum Gasteiger partial charge on any atom is 0.130 e. The van der Waals surface area contributed by atoms with Crippen molar-refractivity contribution < 1.29 is 4.74 Å². The Bertz CT molecular complexity index is 552. The lowest BCUT2D eigenvalue weighted by molar-refractivity contribution is 0.295. The Kier molecular flexibility index (Phi) is 5.02. The molecule has 1 aromatic carbocycles. The molecule has 114 valence electrons. The van der Waals surface area contributed by atoms with E-state index in [0.29, 0.717) is 6.61 Å². The van der Waals surface area contributed by atoms with Crippen LogP contribution in [0.5, 0.6) is 5.75 Å². The van der Waals surface area contributed by atoms with E-state index >= 15 is 0 Å². The molecule has 0 bridgehead atoms. The number of aromatic nitrogens is 2. The molecule has 0 unspecified atom stereocenters. The standard InChI is InChI=1S/C17H25N3O/c1-5-20-13-18-11-15(20)12-21-16-8-6-14(7-9-16)10-19-17(2,3)4/h6-9,11,13,19H,5,10,12H2,1-4H3. The minimum absolute atomic E-state index is 0.133. The number of imidazole rings is 1. The van der Waals surface area contributed by atoms with Gasteiger partial charge in [0.15, 0.2) is 0 Å². The molecule has 4 heteroatoms. The van der Waals surface area contributed by atoms with Gasteiger partial charge in [-0.2, -0.15) is 0 Å². The Balaban J connectivity index is 1.88. The maximum absolute atomic E-state index is 5.81. The summed E-state index contributed by atoms with van der Waals surface area (Å²) in [5, 5.41) is 3.47. The first-order valence-corrected chi connectivity index (χ1v) is 7.44. The maximum atomic E-state index is 5.81. The number of nitrogens with zero attached hydrogens (tertiary/aromatic N) is 2.